The first-order valence-corrected chi connectivity index (χ1v) is 6.89. The predicted octanol–water partition coefficient (Wildman–Crippen LogP) is 2.33. The molecule has 2 aliphatic carbocycles. The molecule has 0 bridgehead atoms. The molecular formula is C16H22O4. The summed E-state index contributed by atoms with van der Waals surface area (Å²) >= 11 is 0. The molecular weight excluding hydrogens is 256 g/mol. The standard InChI is InChI=1S/C16H22O4/c1-10(7-13(18)19)5-6-16(20)14(2,3)9-12(17)11-8-15(11,16)4/h5-7,11,20H,8-9H2,1-4H3,(H,18,19)/b6-5+,10-7-/t11-,15-,16-/m1/s1. The third kappa shape index (κ3) is 2.03. The largest absolute Gasteiger partial charge is 0.478 e. The van der Waals surface area contributed by atoms with Crippen molar-refractivity contribution in [2.75, 3.05) is 0 Å². The summed E-state index contributed by atoms with van der Waals surface area (Å²) in [4.78, 5) is 22.6. The van der Waals surface area contributed by atoms with Crippen molar-refractivity contribution in [3.05, 3.63) is 23.8 Å². The summed E-state index contributed by atoms with van der Waals surface area (Å²) < 4.78 is 0. The number of aliphatic hydroxyl groups is 1. The first kappa shape index (κ1) is 15.0. The number of carbonyl (C=O) groups excluding carboxylic acids is 1. The molecule has 2 saturated carbocycles. The molecule has 20 heavy (non-hydrogen) atoms. The molecule has 2 N–H and O–H groups in total. The van der Waals surface area contributed by atoms with Gasteiger partial charge in [0.15, 0.2) is 0 Å². The van der Waals surface area contributed by atoms with E-state index in [9.17, 15) is 14.7 Å². The molecule has 0 aromatic heterocycles. The Bertz CT molecular complexity index is 522. The summed E-state index contributed by atoms with van der Waals surface area (Å²) in [5, 5.41) is 19.9. The summed E-state index contributed by atoms with van der Waals surface area (Å²) in [5.74, 6) is -0.838. The Morgan fingerprint density at radius 2 is 1.95 bits per heavy atom. The van der Waals surface area contributed by atoms with Gasteiger partial charge in [-0.25, -0.2) is 4.79 Å². The van der Waals surface area contributed by atoms with Gasteiger partial charge in [-0.2, -0.15) is 0 Å². The number of Topliss-reactive ketones (excluding diaryl/α,β-unsaturated/α-hetero) is 1. The third-order valence-corrected chi connectivity index (χ3v) is 5.08. The van der Waals surface area contributed by atoms with Crippen molar-refractivity contribution >= 4 is 11.8 Å². The highest BCUT2D eigenvalue weighted by molar-refractivity contribution is 5.87. The van der Waals surface area contributed by atoms with E-state index in [1.807, 2.05) is 20.8 Å². The van der Waals surface area contributed by atoms with Gasteiger partial charge in [-0.15, -0.1) is 0 Å². The van der Waals surface area contributed by atoms with Crippen LogP contribution in [0.5, 0.6) is 0 Å². The van der Waals surface area contributed by atoms with Gasteiger partial charge < -0.3 is 10.2 Å². The van der Waals surface area contributed by atoms with Gasteiger partial charge in [-0.3, -0.25) is 4.79 Å². The molecule has 0 aromatic carbocycles. The molecule has 4 heteroatoms. The van der Waals surface area contributed by atoms with E-state index in [-0.39, 0.29) is 11.7 Å². The van der Waals surface area contributed by atoms with Crippen molar-refractivity contribution in [2.24, 2.45) is 16.7 Å². The second kappa shape index (κ2) is 4.29. The molecule has 0 aliphatic heterocycles. The zero-order chi connectivity index (χ0) is 15.3. The van der Waals surface area contributed by atoms with E-state index in [1.54, 1.807) is 19.1 Å². The third-order valence-electron chi connectivity index (χ3n) is 5.08. The minimum absolute atomic E-state index is 0.0612. The number of carboxylic acids is 1. The normalized spacial score (nSPS) is 39.8. The first-order chi connectivity index (χ1) is 9.03. The van der Waals surface area contributed by atoms with Gasteiger partial charge in [-0.05, 0) is 18.9 Å². The maximum Gasteiger partial charge on any atom is 0.328 e. The van der Waals surface area contributed by atoms with Crippen LogP contribution in [-0.2, 0) is 9.59 Å². The topological polar surface area (TPSA) is 74.6 Å². The van der Waals surface area contributed by atoms with Gasteiger partial charge in [-0.1, -0.05) is 32.9 Å². The molecule has 0 radical (unpaired) electrons. The molecule has 0 aromatic rings. The van der Waals surface area contributed by atoms with Gasteiger partial charge >= 0.3 is 5.97 Å². The van der Waals surface area contributed by atoms with E-state index >= 15 is 0 Å². The number of ketones is 1. The fourth-order valence-corrected chi connectivity index (χ4v) is 3.63. The van der Waals surface area contributed by atoms with Crippen LogP contribution in [0, 0.1) is 16.7 Å². The van der Waals surface area contributed by atoms with E-state index in [0.29, 0.717) is 18.4 Å². The van der Waals surface area contributed by atoms with Crippen LogP contribution in [0.2, 0.25) is 0 Å². The van der Waals surface area contributed by atoms with Crippen molar-refractivity contribution in [1.29, 1.82) is 0 Å². The lowest BCUT2D eigenvalue weighted by atomic mass is 9.59. The van der Waals surface area contributed by atoms with Crippen LogP contribution in [0.25, 0.3) is 0 Å². The SMILES string of the molecule is CC(=C/C(=O)O)/C=C/[C@@]1(O)C(C)(C)CC(=O)[C@H]2C[C@]21C. The van der Waals surface area contributed by atoms with Crippen molar-refractivity contribution in [2.45, 2.75) is 46.1 Å². The maximum absolute atomic E-state index is 12.0. The van der Waals surface area contributed by atoms with Crippen LogP contribution in [0.15, 0.2) is 23.8 Å². The summed E-state index contributed by atoms with van der Waals surface area (Å²) in [6.45, 7) is 7.41. The lowest BCUT2D eigenvalue weighted by Gasteiger charge is -2.48. The molecule has 0 unspecified atom stereocenters. The van der Waals surface area contributed by atoms with Crippen molar-refractivity contribution < 1.29 is 19.8 Å². The Kier molecular flexibility index (Phi) is 3.21. The van der Waals surface area contributed by atoms with Crippen molar-refractivity contribution in [3.8, 4) is 0 Å². The van der Waals surface area contributed by atoms with Crippen LogP contribution >= 0.6 is 0 Å². The second-order valence-corrected chi connectivity index (χ2v) is 7.03. The van der Waals surface area contributed by atoms with Crippen LogP contribution in [-0.4, -0.2) is 27.6 Å². The van der Waals surface area contributed by atoms with Crippen molar-refractivity contribution in [1.82, 2.24) is 0 Å². The summed E-state index contributed by atoms with van der Waals surface area (Å²) in [5.41, 5.74) is -1.50. The number of carbonyl (C=O) groups is 2. The van der Waals surface area contributed by atoms with Gasteiger partial charge in [0.25, 0.3) is 0 Å². The number of fused-ring (bicyclic) bond motifs is 1. The number of hydrogen-bond donors (Lipinski definition) is 2. The maximum atomic E-state index is 12.0. The second-order valence-electron chi connectivity index (χ2n) is 7.03. The molecule has 4 nitrogen and oxygen atoms in total. The van der Waals surface area contributed by atoms with Crippen molar-refractivity contribution in [3.63, 3.8) is 0 Å². The number of allylic oxidation sites excluding steroid dienone is 2. The predicted molar refractivity (Wildman–Crippen MR) is 75.1 cm³/mol. The highest BCUT2D eigenvalue weighted by Gasteiger charge is 2.72. The molecule has 0 saturated heterocycles. The average Bonchev–Trinajstić information content (AvgIpc) is 2.97. The minimum atomic E-state index is -1.09. The number of rotatable bonds is 3. The highest BCUT2D eigenvalue weighted by atomic mass is 16.4. The lowest BCUT2D eigenvalue weighted by Crippen LogP contribution is -2.54. The van der Waals surface area contributed by atoms with E-state index < -0.39 is 22.4 Å². The quantitative estimate of drug-likeness (QED) is 0.613. The lowest BCUT2D eigenvalue weighted by molar-refractivity contribution is -0.144. The Morgan fingerprint density at radius 3 is 2.50 bits per heavy atom. The monoisotopic (exact) mass is 278 g/mol. The van der Waals surface area contributed by atoms with E-state index in [4.69, 9.17) is 5.11 Å². The van der Waals surface area contributed by atoms with Gasteiger partial charge in [0.2, 0.25) is 0 Å². The molecule has 2 rings (SSSR count). The molecule has 2 aliphatic rings. The first-order valence-electron chi connectivity index (χ1n) is 6.89. The summed E-state index contributed by atoms with van der Waals surface area (Å²) in [7, 11) is 0. The highest BCUT2D eigenvalue weighted by Crippen LogP contribution is 2.69. The Hall–Kier alpha value is -1.42. The Balaban J connectivity index is 2.35. The molecule has 0 heterocycles. The zero-order valence-corrected chi connectivity index (χ0v) is 12.4. The Labute approximate surface area is 119 Å². The van der Waals surface area contributed by atoms with Gasteiger partial charge in [0.1, 0.15) is 5.78 Å². The zero-order valence-electron chi connectivity index (χ0n) is 12.4. The molecule has 2 fully saturated rings. The number of hydrogen-bond acceptors (Lipinski definition) is 3. The smallest absolute Gasteiger partial charge is 0.328 e. The fraction of sp³-hybridized carbons (Fsp3) is 0.625. The van der Waals surface area contributed by atoms with E-state index in [1.165, 1.54) is 0 Å². The average molecular weight is 278 g/mol. The van der Waals surface area contributed by atoms with Crippen LogP contribution < -0.4 is 0 Å². The van der Waals surface area contributed by atoms with E-state index in [2.05, 4.69) is 0 Å². The number of carboxylic acid groups (broad SMARTS) is 1. The summed E-state index contributed by atoms with van der Waals surface area (Å²) in [6.07, 6.45) is 5.50. The van der Waals surface area contributed by atoms with Crippen LogP contribution in [0.3, 0.4) is 0 Å². The molecule has 0 spiro atoms. The molecule has 110 valence electrons. The minimum Gasteiger partial charge on any atom is -0.478 e. The Morgan fingerprint density at radius 1 is 1.35 bits per heavy atom. The summed E-state index contributed by atoms with van der Waals surface area (Å²) in [6, 6.07) is 0. The van der Waals surface area contributed by atoms with Gasteiger partial charge in [0.05, 0.1) is 5.60 Å². The molecule has 3 atom stereocenters. The number of aliphatic carboxylic acids is 1. The fourth-order valence-electron chi connectivity index (χ4n) is 3.63. The van der Waals surface area contributed by atoms with Crippen LogP contribution in [0.4, 0.5) is 0 Å². The van der Waals surface area contributed by atoms with E-state index in [0.717, 1.165) is 6.08 Å². The van der Waals surface area contributed by atoms with Crippen LogP contribution in [0.1, 0.15) is 40.5 Å². The molecule has 0 amide bonds. The van der Waals surface area contributed by atoms with Gasteiger partial charge in [0, 0.05) is 29.2 Å².